The van der Waals surface area contributed by atoms with Gasteiger partial charge in [0.25, 0.3) is 0 Å². The first kappa shape index (κ1) is 27.7. The number of carbonyl (C=O) groups is 2. The summed E-state index contributed by atoms with van der Waals surface area (Å²) in [5, 5.41) is 12.2. The van der Waals surface area contributed by atoms with Crippen LogP contribution in [-0.4, -0.2) is 62.7 Å². The van der Waals surface area contributed by atoms with Crippen LogP contribution in [0, 0.1) is 0 Å². The van der Waals surface area contributed by atoms with Gasteiger partial charge < -0.3 is 14.7 Å². The lowest BCUT2D eigenvalue weighted by Gasteiger charge is -2.22. The molecule has 1 aliphatic heterocycles. The molecule has 0 unspecified atom stereocenters. The summed E-state index contributed by atoms with van der Waals surface area (Å²) in [6.45, 7) is 0.0594. The number of aromatic nitrogens is 2. The maximum Gasteiger partial charge on any atom is 0.337 e. The van der Waals surface area contributed by atoms with Crippen LogP contribution in [0.1, 0.15) is 59.6 Å². The number of amides is 1. The van der Waals surface area contributed by atoms with E-state index in [0.29, 0.717) is 11.3 Å². The number of methoxy groups -OCH3 is 2. The molecule has 3 aromatic rings. The van der Waals surface area contributed by atoms with Gasteiger partial charge in [0, 0.05) is 25.2 Å². The minimum atomic E-state index is -4.10. The van der Waals surface area contributed by atoms with Gasteiger partial charge in [0.2, 0.25) is 5.69 Å². The van der Waals surface area contributed by atoms with Gasteiger partial charge in [0.05, 0.1) is 25.2 Å². The fourth-order valence-corrected chi connectivity index (χ4v) is 6.25. The molecule has 0 radical (unpaired) electrons. The van der Waals surface area contributed by atoms with Crippen LogP contribution in [0.5, 0.6) is 5.75 Å². The Morgan fingerprint density at radius 2 is 1.82 bits per heavy atom. The van der Waals surface area contributed by atoms with E-state index in [1.807, 2.05) is 27.5 Å². The highest BCUT2D eigenvalue weighted by atomic mass is 32.2. The highest BCUT2D eigenvalue weighted by Crippen LogP contribution is 2.46. The largest absolute Gasteiger partial charge is 0.497 e. The molecule has 212 valence electrons. The molecule has 12 heteroatoms. The maximum atomic E-state index is 13.1. The Morgan fingerprint density at radius 1 is 1.10 bits per heavy atom. The van der Waals surface area contributed by atoms with Gasteiger partial charge in [0.1, 0.15) is 18.0 Å². The highest BCUT2D eigenvalue weighted by molar-refractivity contribution is 7.87. The van der Waals surface area contributed by atoms with Gasteiger partial charge in [-0.05, 0) is 65.5 Å². The second-order valence-corrected chi connectivity index (χ2v) is 12.2. The van der Waals surface area contributed by atoms with Crippen LogP contribution in [-0.2, 0) is 26.3 Å². The van der Waals surface area contributed by atoms with Gasteiger partial charge in [-0.2, -0.15) is 12.7 Å². The summed E-state index contributed by atoms with van der Waals surface area (Å²) in [7, 11) is 1.37. The Balaban J connectivity index is 1.82. The molecule has 0 saturated heterocycles. The molecular formula is C28H33N4O7S+. The number of benzene rings is 1. The topological polar surface area (TPSA) is 131 Å². The predicted octanol–water partition coefficient (Wildman–Crippen LogP) is 3.00. The summed E-state index contributed by atoms with van der Waals surface area (Å²) in [5.41, 5.74) is 3.82. The first-order valence-electron chi connectivity index (χ1n) is 13.1. The van der Waals surface area contributed by atoms with Crippen molar-refractivity contribution in [3.05, 3.63) is 52.7 Å². The second kappa shape index (κ2) is 10.6. The molecule has 1 amide bonds. The lowest BCUT2D eigenvalue weighted by Crippen LogP contribution is -2.47. The Hall–Kier alpha value is -3.90. The molecule has 0 spiro atoms. The number of hydrogen-bond acceptors (Lipinski definition) is 7. The van der Waals surface area contributed by atoms with Gasteiger partial charge >= 0.3 is 27.7 Å². The molecular weight excluding hydrogens is 536 g/mol. The minimum absolute atomic E-state index is 0.0594. The van der Waals surface area contributed by atoms with Crippen molar-refractivity contribution in [2.24, 2.45) is 0 Å². The zero-order valence-electron chi connectivity index (χ0n) is 22.9. The van der Waals surface area contributed by atoms with Crippen LogP contribution in [0.25, 0.3) is 28.4 Å². The number of fused-ring (bicyclic) bond motifs is 5. The van der Waals surface area contributed by atoms with Crippen LogP contribution < -0.4 is 14.2 Å². The van der Waals surface area contributed by atoms with Crippen molar-refractivity contribution in [3.8, 4) is 17.0 Å². The molecule has 0 bridgehead atoms. The lowest BCUT2D eigenvalue weighted by molar-refractivity contribution is -0.887. The molecule has 11 nitrogen and oxygen atoms in total. The molecule has 1 fully saturated rings. The van der Waals surface area contributed by atoms with E-state index >= 15 is 0 Å². The van der Waals surface area contributed by atoms with Crippen molar-refractivity contribution in [2.75, 3.05) is 28.3 Å². The second-order valence-electron chi connectivity index (χ2n) is 10.3. The zero-order chi connectivity index (χ0) is 28.8. The summed E-state index contributed by atoms with van der Waals surface area (Å²) in [5.74, 6) is -0.703. The monoisotopic (exact) mass is 569 g/mol. The van der Waals surface area contributed by atoms with Crippen molar-refractivity contribution in [1.29, 1.82) is 0 Å². The third-order valence-electron chi connectivity index (χ3n) is 7.72. The van der Waals surface area contributed by atoms with E-state index in [4.69, 9.17) is 9.47 Å². The zero-order valence-corrected chi connectivity index (χ0v) is 23.7. The number of nitrogens with zero attached hydrogens (tertiary/aromatic N) is 3. The molecule has 1 saturated carbocycles. The Morgan fingerprint density at radius 3 is 2.48 bits per heavy atom. The number of hydrogen-bond donors (Lipinski definition) is 2. The SMILES string of the molecule is COC(=O)C1=Cc2cc(OC)ccc2-c2c(C3CCCCC3)c3ccc(C(=O)NS(=O)(=O)N(C)C)[n+](O)c3n2C1. The van der Waals surface area contributed by atoms with Crippen LogP contribution >= 0.6 is 0 Å². The number of ether oxygens (including phenoxy) is 2. The Labute approximate surface area is 232 Å². The summed E-state index contributed by atoms with van der Waals surface area (Å²) in [6.07, 6.45) is 6.97. The van der Waals surface area contributed by atoms with Gasteiger partial charge in [-0.25, -0.2) is 14.1 Å². The lowest BCUT2D eigenvalue weighted by atomic mass is 9.81. The van der Waals surface area contributed by atoms with Crippen LogP contribution in [0.4, 0.5) is 0 Å². The number of pyridine rings is 1. The van der Waals surface area contributed by atoms with Crippen molar-refractivity contribution < 1.29 is 37.4 Å². The van der Waals surface area contributed by atoms with E-state index in [-0.39, 0.29) is 23.8 Å². The summed E-state index contributed by atoms with van der Waals surface area (Å²) in [6, 6.07) is 8.80. The summed E-state index contributed by atoms with van der Waals surface area (Å²) < 4.78 is 40.6. The minimum Gasteiger partial charge on any atom is -0.497 e. The fourth-order valence-electron chi connectivity index (χ4n) is 5.73. The van der Waals surface area contributed by atoms with Crippen molar-refractivity contribution in [1.82, 2.24) is 13.6 Å². The third kappa shape index (κ3) is 4.71. The van der Waals surface area contributed by atoms with E-state index in [1.165, 1.54) is 27.3 Å². The van der Waals surface area contributed by atoms with E-state index < -0.39 is 22.1 Å². The van der Waals surface area contributed by atoms with Gasteiger partial charge in [-0.1, -0.05) is 19.3 Å². The van der Waals surface area contributed by atoms with E-state index in [9.17, 15) is 23.2 Å². The first-order chi connectivity index (χ1) is 19.1. The molecule has 2 aliphatic rings. The summed E-state index contributed by atoms with van der Waals surface area (Å²) >= 11 is 0. The van der Waals surface area contributed by atoms with E-state index in [2.05, 4.69) is 0 Å². The van der Waals surface area contributed by atoms with E-state index in [1.54, 1.807) is 19.3 Å². The molecule has 0 atom stereocenters. The summed E-state index contributed by atoms with van der Waals surface area (Å²) in [4.78, 5) is 25.9. The average molecular weight is 570 g/mol. The van der Waals surface area contributed by atoms with Gasteiger partial charge in [-0.15, -0.1) is 0 Å². The van der Waals surface area contributed by atoms with Crippen molar-refractivity contribution in [2.45, 2.75) is 44.6 Å². The molecule has 40 heavy (non-hydrogen) atoms. The molecule has 5 rings (SSSR count). The Kier molecular flexibility index (Phi) is 7.32. The quantitative estimate of drug-likeness (QED) is 0.265. The highest BCUT2D eigenvalue weighted by Gasteiger charge is 2.38. The van der Waals surface area contributed by atoms with Crippen LogP contribution in [0.3, 0.4) is 0 Å². The number of esters is 1. The van der Waals surface area contributed by atoms with Gasteiger partial charge in [0.15, 0.2) is 0 Å². The molecule has 2 N–H and O–H groups in total. The van der Waals surface area contributed by atoms with Crippen LogP contribution in [0.2, 0.25) is 0 Å². The van der Waals surface area contributed by atoms with E-state index in [0.717, 1.165) is 68.9 Å². The van der Waals surface area contributed by atoms with Crippen molar-refractivity contribution in [3.63, 3.8) is 0 Å². The fraction of sp³-hybridized carbons (Fsp3) is 0.393. The molecule has 2 aromatic heterocycles. The molecule has 3 heterocycles. The first-order valence-corrected chi connectivity index (χ1v) is 14.5. The predicted molar refractivity (Wildman–Crippen MR) is 147 cm³/mol. The van der Waals surface area contributed by atoms with Crippen LogP contribution in [0.15, 0.2) is 35.9 Å². The molecule has 1 aliphatic carbocycles. The maximum absolute atomic E-state index is 13.1. The number of carbonyl (C=O) groups excluding carboxylic acids is 2. The third-order valence-corrected chi connectivity index (χ3v) is 9.12. The Bertz CT molecular complexity index is 1650. The van der Waals surface area contributed by atoms with Crippen molar-refractivity contribution >= 4 is 39.2 Å². The smallest absolute Gasteiger partial charge is 0.337 e. The van der Waals surface area contributed by atoms with Gasteiger partial charge in [-0.3, -0.25) is 4.79 Å². The average Bonchev–Trinajstić information content (AvgIpc) is 3.17. The number of rotatable bonds is 6. The normalized spacial score (nSPS) is 15.7. The number of nitrogens with one attached hydrogen (secondary N) is 1. The standard InChI is InChI=1S/C28H32N4O7S/c1-30(2)40(36,37)29-26(33)23-13-12-22-24(17-8-6-5-7-9-17)25-21-11-10-20(38-3)15-18(21)14-19(28(34)39-4)16-31(25)27(22)32(23)35/h10-15,17H,5-9,16H2,1-4H3,(H-,29,33,35)/p+1. The molecule has 1 aromatic carbocycles.